The first-order valence-electron chi connectivity index (χ1n) is 4.96. The molecule has 0 fully saturated rings. The van der Waals surface area contributed by atoms with Gasteiger partial charge in [-0.25, -0.2) is 4.79 Å². The highest BCUT2D eigenvalue weighted by Gasteiger charge is 2.16. The third kappa shape index (κ3) is 7.65. The van der Waals surface area contributed by atoms with Crippen LogP contribution in [-0.2, 0) is 4.74 Å². The van der Waals surface area contributed by atoms with E-state index in [2.05, 4.69) is 5.32 Å². The van der Waals surface area contributed by atoms with Gasteiger partial charge in [0.1, 0.15) is 5.60 Å². The zero-order valence-electron chi connectivity index (χ0n) is 9.76. The predicted molar refractivity (Wildman–Crippen MR) is 58.3 cm³/mol. The fraction of sp³-hybridized carbons (Fsp3) is 0.727. The highest BCUT2D eigenvalue weighted by molar-refractivity contribution is 5.68. The highest BCUT2D eigenvalue weighted by Crippen LogP contribution is 2.07. The molecular weight excluding hydrogens is 178 g/mol. The quantitative estimate of drug-likeness (QED) is 0.710. The van der Waals surface area contributed by atoms with Crippen molar-refractivity contribution >= 4 is 6.09 Å². The van der Waals surface area contributed by atoms with E-state index in [0.717, 1.165) is 6.42 Å². The summed E-state index contributed by atoms with van der Waals surface area (Å²) in [6.07, 6.45) is 4.46. The van der Waals surface area contributed by atoms with Gasteiger partial charge in [0, 0.05) is 6.04 Å². The highest BCUT2D eigenvalue weighted by atomic mass is 16.6. The normalized spacial score (nSPS) is 14.1. The first-order valence-corrected chi connectivity index (χ1v) is 4.96. The maximum Gasteiger partial charge on any atom is 0.407 e. The number of allylic oxidation sites excluding steroid dienone is 1. The van der Waals surface area contributed by atoms with Gasteiger partial charge in [-0.1, -0.05) is 12.2 Å². The van der Waals surface area contributed by atoms with Crippen molar-refractivity contribution in [2.24, 2.45) is 0 Å². The molecule has 1 N–H and O–H groups in total. The summed E-state index contributed by atoms with van der Waals surface area (Å²) >= 11 is 0. The minimum Gasteiger partial charge on any atom is -0.444 e. The lowest BCUT2D eigenvalue weighted by atomic mass is 10.2. The Bertz CT molecular complexity index is 204. The van der Waals surface area contributed by atoms with Gasteiger partial charge in [0.15, 0.2) is 0 Å². The Labute approximate surface area is 86.5 Å². The van der Waals surface area contributed by atoms with Gasteiger partial charge in [-0.05, 0) is 41.0 Å². The van der Waals surface area contributed by atoms with E-state index in [4.69, 9.17) is 4.74 Å². The number of nitrogens with one attached hydrogen (secondary N) is 1. The molecule has 0 aromatic carbocycles. The van der Waals surface area contributed by atoms with E-state index >= 15 is 0 Å². The Morgan fingerprint density at radius 1 is 1.50 bits per heavy atom. The van der Waals surface area contributed by atoms with Gasteiger partial charge in [0.25, 0.3) is 0 Å². The molecule has 0 spiro atoms. The Balaban J connectivity index is 3.83. The lowest BCUT2D eigenvalue weighted by Crippen LogP contribution is -2.37. The van der Waals surface area contributed by atoms with Crippen molar-refractivity contribution in [1.82, 2.24) is 5.32 Å². The van der Waals surface area contributed by atoms with Gasteiger partial charge in [-0.3, -0.25) is 0 Å². The van der Waals surface area contributed by atoms with Gasteiger partial charge in [-0.15, -0.1) is 0 Å². The van der Waals surface area contributed by atoms with E-state index in [1.54, 1.807) is 0 Å². The van der Waals surface area contributed by atoms with Gasteiger partial charge < -0.3 is 10.1 Å². The standard InChI is InChI=1S/C11H21NO2/c1-6-7-8-9(2)12-10(13)14-11(3,4)5/h6-7,9H,8H2,1-5H3,(H,12,13)/b7-6-. The fourth-order valence-electron chi connectivity index (χ4n) is 0.908. The van der Waals surface area contributed by atoms with Gasteiger partial charge >= 0.3 is 6.09 Å². The fourth-order valence-corrected chi connectivity index (χ4v) is 0.908. The van der Waals surface area contributed by atoms with Gasteiger partial charge in [-0.2, -0.15) is 0 Å². The number of hydrogen-bond donors (Lipinski definition) is 1. The van der Waals surface area contributed by atoms with E-state index < -0.39 is 5.60 Å². The summed E-state index contributed by atoms with van der Waals surface area (Å²) in [5.74, 6) is 0. The molecule has 0 bridgehead atoms. The number of hydrogen-bond acceptors (Lipinski definition) is 2. The van der Waals surface area contributed by atoms with Crippen LogP contribution in [0, 0.1) is 0 Å². The topological polar surface area (TPSA) is 38.3 Å². The molecule has 3 nitrogen and oxygen atoms in total. The van der Waals surface area contributed by atoms with Crippen LogP contribution in [0.5, 0.6) is 0 Å². The Kier molecular flexibility index (Phi) is 5.28. The summed E-state index contributed by atoms with van der Waals surface area (Å²) in [6.45, 7) is 9.46. The molecule has 1 atom stereocenters. The molecule has 0 radical (unpaired) electrons. The molecule has 0 aliphatic heterocycles. The molecule has 0 aliphatic rings. The SMILES string of the molecule is C/C=C\CC(C)NC(=O)OC(C)(C)C. The summed E-state index contributed by atoms with van der Waals surface area (Å²) in [5, 5.41) is 2.76. The van der Waals surface area contributed by atoms with Crippen LogP contribution in [0.25, 0.3) is 0 Å². The van der Waals surface area contributed by atoms with Gasteiger partial charge in [0.2, 0.25) is 0 Å². The molecule has 0 heterocycles. The second-order valence-electron chi connectivity index (χ2n) is 4.35. The van der Waals surface area contributed by atoms with E-state index in [1.807, 2.05) is 46.8 Å². The Morgan fingerprint density at radius 2 is 2.07 bits per heavy atom. The largest absolute Gasteiger partial charge is 0.444 e. The summed E-state index contributed by atoms with van der Waals surface area (Å²) in [7, 11) is 0. The van der Waals surface area contributed by atoms with Crippen LogP contribution in [0.1, 0.15) is 41.0 Å². The molecule has 14 heavy (non-hydrogen) atoms. The molecular formula is C11H21NO2. The summed E-state index contributed by atoms with van der Waals surface area (Å²) in [5.41, 5.74) is -0.426. The summed E-state index contributed by atoms with van der Waals surface area (Å²) in [6, 6.07) is 0.112. The zero-order valence-corrected chi connectivity index (χ0v) is 9.76. The first-order chi connectivity index (χ1) is 6.35. The van der Waals surface area contributed by atoms with Crippen LogP contribution in [0.4, 0.5) is 4.79 Å². The number of amides is 1. The molecule has 1 amide bonds. The van der Waals surface area contributed by atoms with Crippen molar-refractivity contribution in [2.75, 3.05) is 0 Å². The van der Waals surface area contributed by atoms with Crippen LogP contribution >= 0.6 is 0 Å². The first kappa shape index (κ1) is 13.0. The molecule has 1 unspecified atom stereocenters. The molecule has 3 heteroatoms. The van der Waals surface area contributed by atoms with E-state index in [0.29, 0.717) is 0 Å². The second-order valence-corrected chi connectivity index (χ2v) is 4.35. The number of alkyl carbamates (subject to hydrolysis) is 1. The van der Waals surface area contributed by atoms with Crippen molar-refractivity contribution in [2.45, 2.75) is 52.7 Å². The number of carbonyl (C=O) groups is 1. The van der Waals surface area contributed by atoms with Gasteiger partial charge in [0.05, 0.1) is 0 Å². The third-order valence-electron chi connectivity index (χ3n) is 1.49. The van der Waals surface area contributed by atoms with Crippen molar-refractivity contribution in [3.05, 3.63) is 12.2 Å². The third-order valence-corrected chi connectivity index (χ3v) is 1.49. The van der Waals surface area contributed by atoms with E-state index in [1.165, 1.54) is 0 Å². The molecule has 82 valence electrons. The number of carbonyl (C=O) groups excluding carboxylic acids is 1. The minimum absolute atomic E-state index is 0.112. The zero-order chi connectivity index (χ0) is 11.2. The maximum absolute atomic E-state index is 11.3. The molecule has 0 aromatic rings. The summed E-state index contributed by atoms with van der Waals surface area (Å²) < 4.78 is 5.11. The van der Waals surface area contributed by atoms with Crippen molar-refractivity contribution < 1.29 is 9.53 Å². The second kappa shape index (κ2) is 5.68. The average Bonchev–Trinajstić information content (AvgIpc) is 1.96. The monoisotopic (exact) mass is 199 g/mol. The number of ether oxygens (including phenoxy) is 1. The van der Waals surface area contributed by atoms with Crippen molar-refractivity contribution in [3.63, 3.8) is 0 Å². The predicted octanol–water partition coefficient (Wildman–Crippen LogP) is 2.87. The minimum atomic E-state index is -0.426. The Hall–Kier alpha value is -0.990. The smallest absolute Gasteiger partial charge is 0.407 e. The van der Waals surface area contributed by atoms with Crippen LogP contribution in [0.3, 0.4) is 0 Å². The summed E-state index contributed by atoms with van der Waals surface area (Å²) in [4.78, 5) is 11.3. The molecule has 0 rings (SSSR count). The Morgan fingerprint density at radius 3 is 2.50 bits per heavy atom. The lowest BCUT2D eigenvalue weighted by Gasteiger charge is -2.21. The van der Waals surface area contributed by atoms with Crippen LogP contribution in [-0.4, -0.2) is 17.7 Å². The molecule has 0 aromatic heterocycles. The van der Waals surface area contributed by atoms with E-state index in [9.17, 15) is 4.79 Å². The van der Waals surface area contributed by atoms with Crippen molar-refractivity contribution in [1.29, 1.82) is 0 Å². The number of rotatable bonds is 3. The van der Waals surface area contributed by atoms with Crippen LogP contribution in [0.2, 0.25) is 0 Å². The van der Waals surface area contributed by atoms with Crippen molar-refractivity contribution in [3.8, 4) is 0 Å². The van der Waals surface area contributed by atoms with Crippen LogP contribution in [0.15, 0.2) is 12.2 Å². The van der Waals surface area contributed by atoms with E-state index in [-0.39, 0.29) is 12.1 Å². The molecule has 0 aliphatic carbocycles. The lowest BCUT2D eigenvalue weighted by molar-refractivity contribution is 0.0509. The average molecular weight is 199 g/mol. The molecule has 0 saturated heterocycles. The van der Waals surface area contributed by atoms with Crippen LogP contribution < -0.4 is 5.32 Å². The molecule has 0 saturated carbocycles. The maximum atomic E-state index is 11.3.